The fourth-order valence-electron chi connectivity index (χ4n) is 1.80. The lowest BCUT2D eigenvalue weighted by Crippen LogP contribution is -2.27. The Hall–Kier alpha value is -0.870. The molecule has 0 unspecified atom stereocenters. The number of hydrogen-bond acceptors (Lipinski definition) is 5. The number of H-pyrrole nitrogens is 1. The van der Waals surface area contributed by atoms with Crippen LogP contribution in [0.15, 0.2) is 24.6 Å². The van der Waals surface area contributed by atoms with Crippen molar-refractivity contribution in [2.75, 3.05) is 20.1 Å². The predicted molar refractivity (Wildman–Crippen MR) is 83.3 cm³/mol. The van der Waals surface area contributed by atoms with Crippen molar-refractivity contribution in [2.24, 2.45) is 0 Å². The van der Waals surface area contributed by atoms with Crippen molar-refractivity contribution in [1.29, 1.82) is 0 Å². The summed E-state index contributed by atoms with van der Waals surface area (Å²) < 4.78 is 32.2. The monoisotopic (exact) mass is 397 g/mol. The van der Waals surface area contributed by atoms with Gasteiger partial charge in [0, 0.05) is 11.0 Å². The minimum atomic E-state index is -3.82. The number of halogens is 2. The molecule has 10 heteroatoms. The molecule has 0 saturated heterocycles. The third kappa shape index (κ3) is 3.49. The van der Waals surface area contributed by atoms with Gasteiger partial charge < -0.3 is 9.73 Å². The van der Waals surface area contributed by atoms with Gasteiger partial charge in [0.15, 0.2) is 5.58 Å². The highest BCUT2D eigenvalue weighted by molar-refractivity contribution is 9.10. The third-order valence-corrected chi connectivity index (χ3v) is 5.63. The summed E-state index contributed by atoms with van der Waals surface area (Å²) >= 11 is 9.23. The van der Waals surface area contributed by atoms with Crippen molar-refractivity contribution >= 4 is 48.7 Å². The number of nitrogens with one attached hydrogen (secondary N) is 3. The molecule has 21 heavy (non-hydrogen) atoms. The first kappa shape index (κ1) is 16.5. The van der Waals surface area contributed by atoms with E-state index in [1.54, 1.807) is 7.05 Å². The highest BCUT2D eigenvalue weighted by Crippen LogP contribution is 2.35. The molecule has 0 aliphatic rings. The maximum atomic E-state index is 12.3. The zero-order valence-corrected chi connectivity index (χ0v) is 14.2. The molecule has 1 aromatic carbocycles. The topological polar surface area (TPSA) is 104 Å². The first-order valence-corrected chi connectivity index (χ1v) is 8.67. The zero-order valence-electron chi connectivity index (χ0n) is 11.0. The molecule has 0 bridgehead atoms. The van der Waals surface area contributed by atoms with Crippen LogP contribution < -0.4 is 15.8 Å². The third-order valence-electron chi connectivity index (χ3n) is 2.73. The Morgan fingerprint density at radius 3 is 2.81 bits per heavy atom. The SMILES string of the molecule is CNCCCNS(=O)(=O)c1c(Br)cc2[nH]c(=O)oc2c1Cl. The summed E-state index contributed by atoms with van der Waals surface area (Å²) in [5.74, 6) is -0.699. The zero-order chi connectivity index (χ0) is 15.6. The van der Waals surface area contributed by atoms with E-state index in [-0.39, 0.29) is 26.5 Å². The lowest BCUT2D eigenvalue weighted by atomic mass is 10.3. The molecule has 1 aromatic heterocycles. The Bertz CT molecular complexity index is 815. The molecule has 2 rings (SSSR count). The molecule has 0 aliphatic carbocycles. The molecule has 116 valence electrons. The van der Waals surface area contributed by atoms with Crippen molar-refractivity contribution in [2.45, 2.75) is 11.3 Å². The molecule has 0 amide bonds. The van der Waals surface area contributed by atoms with Gasteiger partial charge in [-0.2, -0.15) is 0 Å². The molecule has 3 N–H and O–H groups in total. The van der Waals surface area contributed by atoms with Crippen LogP contribution >= 0.6 is 27.5 Å². The molecular weight excluding hydrogens is 386 g/mol. The van der Waals surface area contributed by atoms with Gasteiger partial charge in [0.25, 0.3) is 0 Å². The number of aromatic nitrogens is 1. The van der Waals surface area contributed by atoms with E-state index in [9.17, 15) is 13.2 Å². The number of hydrogen-bond donors (Lipinski definition) is 3. The first-order valence-electron chi connectivity index (χ1n) is 6.02. The molecule has 0 spiro atoms. The number of rotatable bonds is 6. The fraction of sp³-hybridized carbons (Fsp3) is 0.364. The van der Waals surface area contributed by atoms with Gasteiger partial charge in [-0.25, -0.2) is 17.9 Å². The minimum Gasteiger partial charge on any atom is -0.406 e. The van der Waals surface area contributed by atoms with Gasteiger partial charge in [0.2, 0.25) is 10.0 Å². The second-order valence-corrected chi connectivity index (χ2v) is 7.18. The summed E-state index contributed by atoms with van der Waals surface area (Å²) in [6, 6.07) is 1.44. The largest absolute Gasteiger partial charge is 0.417 e. The Morgan fingerprint density at radius 1 is 1.43 bits per heavy atom. The summed E-state index contributed by atoms with van der Waals surface area (Å²) in [6.45, 7) is 0.949. The standard InChI is InChI=1S/C11H13BrClN3O4S/c1-14-3-2-4-15-21(18,19)10-6(12)5-7-9(8(10)13)20-11(17)16-7/h5,14-15H,2-4H2,1H3,(H,16,17). The van der Waals surface area contributed by atoms with Crippen LogP contribution in [0.3, 0.4) is 0 Å². The number of aromatic amines is 1. The Kier molecular flexibility index (Phi) is 5.10. The average Bonchev–Trinajstić information content (AvgIpc) is 2.75. The lowest BCUT2D eigenvalue weighted by molar-refractivity contribution is 0.553. The summed E-state index contributed by atoms with van der Waals surface area (Å²) in [5, 5.41) is 2.78. The second-order valence-electron chi connectivity index (χ2n) is 4.25. The summed E-state index contributed by atoms with van der Waals surface area (Å²) in [5.41, 5.74) is 0.339. The molecule has 0 aliphatic heterocycles. The molecule has 0 atom stereocenters. The van der Waals surface area contributed by atoms with E-state index in [0.29, 0.717) is 18.5 Å². The van der Waals surface area contributed by atoms with E-state index in [0.717, 1.165) is 0 Å². The van der Waals surface area contributed by atoms with Crippen LogP contribution in [0.2, 0.25) is 5.02 Å². The van der Waals surface area contributed by atoms with E-state index in [4.69, 9.17) is 16.0 Å². The Balaban J connectivity index is 2.43. The highest BCUT2D eigenvalue weighted by Gasteiger charge is 2.25. The van der Waals surface area contributed by atoms with Crippen LogP contribution in [0.5, 0.6) is 0 Å². The van der Waals surface area contributed by atoms with Crippen molar-refractivity contribution in [3.8, 4) is 0 Å². The maximum absolute atomic E-state index is 12.3. The lowest BCUT2D eigenvalue weighted by Gasteiger charge is -2.10. The van der Waals surface area contributed by atoms with Crippen LogP contribution in [-0.4, -0.2) is 33.5 Å². The number of sulfonamides is 1. The van der Waals surface area contributed by atoms with Crippen molar-refractivity contribution < 1.29 is 12.8 Å². The number of oxazole rings is 1. The molecule has 2 aromatic rings. The Morgan fingerprint density at radius 2 is 2.14 bits per heavy atom. The second kappa shape index (κ2) is 6.49. The van der Waals surface area contributed by atoms with Crippen LogP contribution in [0.4, 0.5) is 0 Å². The van der Waals surface area contributed by atoms with Gasteiger partial charge in [-0.05, 0) is 42.0 Å². The van der Waals surface area contributed by atoms with Crippen LogP contribution in [-0.2, 0) is 10.0 Å². The van der Waals surface area contributed by atoms with Gasteiger partial charge in [-0.15, -0.1) is 0 Å². The van der Waals surface area contributed by atoms with Gasteiger partial charge in [0.05, 0.1) is 5.52 Å². The maximum Gasteiger partial charge on any atom is 0.417 e. The summed E-state index contributed by atoms with van der Waals surface area (Å²) in [6.07, 6.45) is 0.631. The van der Waals surface area contributed by atoms with Gasteiger partial charge in [-0.3, -0.25) is 4.98 Å². The average molecular weight is 399 g/mol. The molecule has 0 fully saturated rings. The van der Waals surface area contributed by atoms with Gasteiger partial charge >= 0.3 is 5.76 Å². The first-order chi connectivity index (χ1) is 9.86. The van der Waals surface area contributed by atoms with Gasteiger partial charge in [0.1, 0.15) is 9.92 Å². The number of fused-ring (bicyclic) bond motifs is 1. The minimum absolute atomic E-state index is 0.0143. The molecule has 0 saturated carbocycles. The van der Waals surface area contributed by atoms with Gasteiger partial charge in [-0.1, -0.05) is 11.6 Å². The van der Waals surface area contributed by atoms with Crippen molar-refractivity contribution in [1.82, 2.24) is 15.0 Å². The van der Waals surface area contributed by atoms with E-state index >= 15 is 0 Å². The normalized spacial score (nSPS) is 12.1. The summed E-state index contributed by atoms with van der Waals surface area (Å²) in [4.78, 5) is 13.5. The van der Waals surface area contributed by atoms with Crippen molar-refractivity contribution in [3.05, 3.63) is 26.1 Å². The molecule has 1 heterocycles. The molecule has 0 radical (unpaired) electrons. The molecule has 7 nitrogen and oxygen atoms in total. The van der Waals surface area contributed by atoms with Crippen LogP contribution in [0.25, 0.3) is 11.1 Å². The fourth-order valence-corrected chi connectivity index (χ4v) is 4.72. The van der Waals surface area contributed by atoms with E-state index in [2.05, 4.69) is 31.0 Å². The van der Waals surface area contributed by atoms with E-state index in [1.807, 2.05) is 0 Å². The smallest absolute Gasteiger partial charge is 0.406 e. The quantitative estimate of drug-likeness (QED) is 0.639. The van der Waals surface area contributed by atoms with Crippen LogP contribution in [0.1, 0.15) is 6.42 Å². The predicted octanol–water partition coefficient (Wildman–Crippen LogP) is 1.42. The highest BCUT2D eigenvalue weighted by atomic mass is 79.9. The summed E-state index contributed by atoms with van der Waals surface area (Å²) in [7, 11) is -2.04. The molecular formula is C11H13BrClN3O4S. The van der Waals surface area contributed by atoms with Crippen LogP contribution in [0, 0.1) is 0 Å². The van der Waals surface area contributed by atoms with E-state index < -0.39 is 15.8 Å². The number of benzene rings is 1. The Labute approximate surface area is 134 Å². The van der Waals surface area contributed by atoms with E-state index in [1.165, 1.54) is 6.07 Å². The van der Waals surface area contributed by atoms with Crippen molar-refractivity contribution in [3.63, 3.8) is 0 Å².